The van der Waals surface area contributed by atoms with Crippen molar-refractivity contribution in [2.45, 2.75) is 57.8 Å². The molecule has 0 atom stereocenters. The minimum absolute atomic E-state index is 0.310. The van der Waals surface area contributed by atoms with Crippen molar-refractivity contribution in [3.05, 3.63) is 23.8 Å². The molecule has 0 amide bonds. The van der Waals surface area contributed by atoms with E-state index in [1.54, 1.807) is 0 Å². The first kappa shape index (κ1) is 15.7. The van der Waals surface area contributed by atoms with E-state index in [2.05, 4.69) is 12.1 Å². The van der Waals surface area contributed by atoms with Crippen molar-refractivity contribution < 1.29 is 19.4 Å². The number of hydrogen-bond acceptors (Lipinski definition) is 3. The Morgan fingerprint density at radius 3 is 2.38 bits per heavy atom. The second-order valence-electron chi connectivity index (χ2n) is 5.56. The third-order valence-corrected chi connectivity index (χ3v) is 3.79. The van der Waals surface area contributed by atoms with Gasteiger partial charge in [-0.2, -0.15) is 0 Å². The molecule has 0 aromatic heterocycles. The second kappa shape index (κ2) is 8.55. The van der Waals surface area contributed by atoms with Crippen LogP contribution in [0.25, 0.3) is 0 Å². The Kier molecular flexibility index (Phi) is 6.38. The molecule has 4 nitrogen and oxygen atoms in total. The number of carbonyl (C=O) groups is 1. The van der Waals surface area contributed by atoms with E-state index < -0.39 is 5.97 Å². The van der Waals surface area contributed by atoms with Gasteiger partial charge in [0.25, 0.3) is 0 Å². The van der Waals surface area contributed by atoms with E-state index in [0.717, 1.165) is 37.2 Å². The Labute approximate surface area is 126 Å². The van der Waals surface area contributed by atoms with Crippen LogP contribution < -0.4 is 9.47 Å². The largest absolute Gasteiger partial charge is 0.481 e. The first-order valence-corrected chi connectivity index (χ1v) is 7.86. The molecule has 0 spiro atoms. The van der Waals surface area contributed by atoms with Gasteiger partial charge in [0.2, 0.25) is 6.79 Å². The van der Waals surface area contributed by atoms with E-state index in [-0.39, 0.29) is 0 Å². The van der Waals surface area contributed by atoms with Crippen molar-refractivity contribution in [2.24, 2.45) is 0 Å². The van der Waals surface area contributed by atoms with E-state index in [4.69, 9.17) is 14.6 Å². The van der Waals surface area contributed by atoms with Crippen LogP contribution in [0, 0.1) is 0 Å². The molecule has 0 aliphatic carbocycles. The molecule has 1 aliphatic heterocycles. The lowest BCUT2D eigenvalue weighted by Crippen LogP contribution is -1.93. The maximum Gasteiger partial charge on any atom is 0.303 e. The zero-order chi connectivity index (χ0) is 14.9. The van der Waals surface area contributed by atoms with Crippen molar-refractivity contribution in [3.63, 3.8) is 0 Å². The maximum absolute atomic E-state index is 10.4. The number of benzene rings is 1. The fraction of sp³-hybridized carbons (Fsp3) is 0.588. The molecule has 2 rings (SSSR count). The summed E-state index contributed by atoms with van der Waals surface area (Å²) in [6.07, 6.45) is 9.25. The predicted molar refractivity (Wildman–Crippen MR) is 80.8 cm³/mol. The molecule has 116 valence electrons. The van der Waals surface area contributed by atoms with Gasteiger partial charge >= 0.3 is 5.97 Å². The van der Waals surface area contributed by atoms with Gasteiger partial charge in [0.15, 0.2) is 11.5 Å². The van der Waals surface area contributed by atoms with E-state index >= 15 is 0 Å². The fourth-order valence-corrected chi connectivity index (χ4v) is 2.59. The minimum Gasteiger partial charge on any atom is -0.481 e. The molecular formula is C17H24O4. The maximum atomic E-state index is 10.4. The molecule has 1 heterocycles. The lowest BCUT2D eigenvalue weighted by molar-refractivity contribution is -0.137. The molecule has 0 saturated heterocycles. The SMILES string of the molecule is O=C(O)CCCCCCCCCc1ccc2c(c1)OCO2. The number of rotatable bonds is 10. The van der Waals surface area contributed by atoms with Gasteiger partial charge < -0.3 is 14.6 Å². The van der Waals surface area contributed by atoms with Crippen molar-refractivity contribution >= 4 is 5.97 Å². The highest BCUT2D eigenvalue weighted by molar-refractivity contribution is 5.66. The topological polar surface area (TPSA) is 55.8 Å². The van der Waals surface area contributed by atoms with E-state index in [1.165, 1.54) is 31.2 Å². The smallest absolute Gasteiger partial charge is 0.303 e. The average molecular weight is 292 g/mol. The van der Waals surface area contributed by atoms with Gasteiger partial charge in [0.05, 0.1) is 0 Å². The van der Waals surface area contributed by atoms with Crippen molar-refractivity contribution in [1.29, 1.82) is 0 Å². The first-order chi connectivity index (χ1) is 10.3. The summed E-state index contributed by atoms with van der Waals surface area (Å²) >= 11 is 0. The van der Waals surface area contributed by atoms with Crippen LogP contribution in [0.4, 0.5) is 0 Å². The van der Waals surface area contributed by atoms with Gasteiger partial charge in [-0.15, -0.1) is 0 Å². The minimum atomic E-state index is -0.682. The molecule has 1 aromatic rings. The van der Waals surface area contributed by atoms with Crippen LogP contribution in [0.1, 0.15) is 56.9 Å². The number of fused-ring (bicyclic) bond motifs is 1. The molecule has 1 N–H and O–H groups in total. The van der Waals surface area contributed by atoms with E-state index in [0.29, 0.717) is 13.2 Å². The first-order valence-electron chi connectivity index (χ1n) is 7.86. The number of aryl methyl sites for hydroxylation is 1. The van der Waals surface area contributed by atoms with Crippen molar-refractivity contribution in [3.8, 4) is 11.5 Å². The zero-order valence-corrected chi connectivity index (χ0v) is 12.5. The van der Waals surface area contributed by atoms with Crippen LogP contribution in [-0.4, -0.2) is 17.9 Å². The van der Waals surface area contributed by atoms with Crippen LogP contribution in [0.3, 0.4) is 0 Å². The molecule has 1 aliphatic rings. The molecule has 4 heteroatoms. The van der Waals surface area contributed by atoms with Gasteiger partial charge in [0, 0.05) is 6.42 Å². The van der Waals surface area contributed by atoms with Gasteiger partial charge in [-0.05, 0) is 37.0 Å². The Morgan fingerprint density at radius 1 is 0.952 bits per heavy atom. The highest BCUT2D eigenvalue weighted by Crippen LogP contribution is 2.32. The Balaban J connectivity index is 1.49. The lowest BCUT2D eigenvalue weighted by Gasteiger charge is -2.04. The fourth-order valence-electron chi connectivity index (χ4n) is 2.59. The Morgan fingerprint density at radius 2 is 1.62 bits per heavy atom. The summed E-state index contributed by atoms with van der Waals surface area (Å²) in [5.74, 6) is 1.03. The van der Waals surface area contributed by atoms with Gasteiger partial charge in [-0.1, -0.05) is 38.2 Å². The van der Waals surface area contributed by atoms with Crippen LogP contribution in [-0.2, 0) is 11.2 Å². The Bertz CT molecular complexity index is 456. The third kappa shape index (κ3) is 5.66. The number of carboxylic acids is 1. The molecular weight excluding hydrogens is 268 g/mol. The van der Waals surface area contributed by atoms with Gasteiger partial charge in [0.1, 0.15) is 0 Å². The highest BCUT2D eigenvalue weighted by atomic mass is 16.7. The van der Waals surface area contributed by atoms with Gasteiger partial charge in [-0.3, -0.25) is 4.79 Å². The number of hydrogen-bond donors (Lipinski definition) is 1. The molecule has 21 heavy (non-hydrogen) atoms. The molecule has 0 radical (unpaired) electrons. The zero-order valence-electron chi connectivity index (χ0n) is 12.5. The summed E-state index contributed by atoms with van der Waals surface area (Å²) in [7, 11) is 0. The van der Waals surface area contributed by atoms with Crippen molar-refractivity contribution in [2.75, 3.05) is 6.79 Å². The second-order valence-corrected chi connectivity index (χ2v) is 5.56. The Hall–Kier alpha value is -1.71. The third-order valence-electron chi connectivity index (χ3n) is 3.79. The van der Waals surface area contributed by atoms with E-state index in [9.17, 15) is 4.79 Å². The summed E-state index contributed by atoms with van der Waals surface area (Å²) in [6, 6.07) is 6.17. The standard InChI is InChI=1S/C17H24O4/c18-17(19)9-7-5-3-1-2-4-6-8-14-10-11-15-16(12-14)21-13-20-15/h10-12H,1-9,13H2,(H,18,19). The quantitative estimate of drug-likeness (QED) is 0.658. The van der Waals surface area contributed by atoms with Gasteiger partial charge in [-0.25, -0.2) is 0 Å². The molecule has 0 saturated carbocycles. The van der Waals surface area contributed by atoms with Crippen LogP contribution in [0.2, 0.25) is 0 Å². The van der Waals surface area contributed by atoms with E-state index in [1.807, 2.05) is 6.07 Å². The van der Waals surface area contributed by atoms with Crippen molar-refractivity contribution in [1.82, 2.24) is 0 Å². The molecule has 0 bridgehead atoms. The summed E-state index contributed by atoms with van der Waals surface area (Å²) in [6.45, 7) is 0.334. The number of carboxylic acid groups (broad SMARTS) is 1. The summed E-state index contributed by atoms with van der Waals surface area (Å²) in [5, 5.41) is 8.54. The predicted octanol–water partition coefficient (Wildman–Crippen LogP) is 4.16. The van der Waals surface area contributed by atoms with Crippen LogP contribution in [0.15, 0.2) is 18.2 Å². The average Bonchev–Trinajstić information content (AvgIpc) is 2.92. The highest BCUT2D eigenvalue weighted by Gasteiger charge is 2.12. The number of unbranched alkanes of at least 4 members (excludes halogenated alkanes) is 6. The normalized spacial score (nSPS) is 12.6. The summed E-state index contributed by atoms with van der Waals surface area (Å²) in [4.78, 5) is 10.4. The monoisotopic (exact) mass is 292 g/mol. The number of aliphatic carboxylic acids is 1. The lowest BCUT2D eigenvalue weighted by atomic mass is 10.0. The van der Waals surface area contributed by atoms with Crippen LogP contribution in [0.5, 0.6) is 11.5 Å². The summed E-state index contributed by atoms with van der Waals surface area (Å²) < 4.78 is 10.7. The number of ether oxygens (including phenoxy) is 2. The van der Waals surface area contributed by atoms with Crippen LogP contribution >= 0.6 is 0 Å². The molecule has 0 unspecified atom stereocenters. The molecule has 0 fully saturated rings. The molecule has 1 aromatic carbocycles. The summed E-state index contributed by atoms with van der Waals surface area (Å²) in [5.41, 5.74) is 1.31.